The molecule has 2 heterocycles. The Labute approximate surface area is 185 Å². The third kappa shape index (κ3) is 4.76. The first-order valence-electron chi connectivity index (χ1n) is 9.78. The van der Waals surface area contributed by atoms with Crippen LogP contribution in [0.4, 0.5) is 11.4 Å². The molecule has 1 aliphatic heterocycles. The van der Waals surface area contributed by atoms with E-state index in [0.29, 0.717) is 18.5 Å². The van der Waals surface area contributed by atoms with Gasteiger partial charge in [0.1, 0.15) is 10.8 Å². The maximum absolute atomic E-state index is 12.9. The minimum atomic E-state index is -3.64. The van der Waals surface area contributed by atoms with Gasteiger partial charge in [-0.3, -0.25) is 4.79 Å². The molecule has 3 aromatic rings. The molecule has 0 saturated heterocycles. The van der Waals surface area contributed by atoms with Crippen molar-refractivity contribution in [1.29, 1.82) is 0 Å². The largest absolute Gasteiger partial charge is 0.376 e. The number of amides is 1. The second-order valence-electron chi connectivity index (χ2n) is 7.55. The van der Waals surface area contributed by atoms with Crippen LogP contribution in [-0.4, -0.2) is 36.8 Å². The number of carbonyl (C=O) groups is 1. The summed E-state index contributed by atoms with van der Waals surface area (Å²) in [6, 6.07) is 11.3. The summed E-state index contributed by atoms with van der Waals surface area (Å²) < 4.78 is 27.3. The number of aryl methyl sites for hydroxylation is 2. The summed E-state index contributed by atoms with van der Waals surface area (Å²) >= 11 is 1.34. The summed E-state index contributed by atoms with van der Waals surface area (Å²) in [5.41, 5.74) is 5.11. The highest BCUT2D eigenvalue weighted by molar-refractivity contribution is 7.88. The summed E-state index contributed by atoms with van der Waals surface area (Å²) in [6.07, 6.45) is 0.609. The highest BCUT2D eigenvalue weighted by Gasteiger charge is 2.27. The van der Waals surface area contributed by atoms with E-state index in [4.69, 9.17) is 5.14 Å². The molecule has 10 heteroatoms. The summed E-state index contributed by atoms with van der Waals surface area (Å²) in [4.78, 5) is 19.1. The van der Waals surface area contributed by atoms with Crippen molar-refractivity contribution in [3.05, 3.63) is 58.9 Å². The van der Waals surface area contributed by atoms with E-state index < -0.39 is 10.0 Å². The lowest BCUT2D eigenvalue weighted by Crippen LogP contribution is -2.34. The molecule has 4 rings (SSSR count). The van der Waals surface area contributed by atoms with Gasteiger partial charge in [0.05, 0.1) is 12.3 Å². The average Bonchev–Trinajstić information content (AvgIpc) is 3.33. The predicted molar refractivity (Wildman–Crippen MR) is 123 cm³/mol. The summed E-state index contributed by atoms with van der Waals surface area (Å²) in [7, 11) is -3.64. The molecule has 0 aliphatic carbocycles. The fourth-order valence-electron chi connectivity index (χ4n) is 3.74. The number of nitrogens with one attached hydrogen (secondary N) is 1. The Morgan fingerprint density at radius 1 is 1.26 bits per heavy atom. The zero-order valence-corrected chi connectivity index (χ0v) is 18.9. The second-order valence-corrected chi connectivity index (χ2v) is 9.91. The van der Waals surface area contributed by atoms with Gasteiger partial charge in [-0.2, -0.15) is 4.37 Å². The Balaban J connectivity index is 1.49. The number of fused-ring (bicyclic) bond motifs is 1. The van der Waals surface area contributed by atoms with Crippen molar-refractivity contribution in [2.45, 2.75) is 26.0 Å². The molecule has 3 N–H and O–H groups in total. The van der Waals surface area contributed by atoms with Crippen LogP contribution in [0.3, 0.4) is 0 Å². The second kappa shape index (κ2) is 8.37. The Hall–Kier alpha value is -2.82. The first kappa shape index (κ1) is 21.4. The van der Waals surface area contributed by atoms with Gasteiger partial charge in [0.25, 0.3) is 0 Å². The number of carbonyl (C=O) groups excluding carboxylic acids is 1. The fraction of sp³-hybridized carbons (Fsp3) is 0.286. The van der Waals surface area contributed by atoms with Crippen LogP contribution < -0.4 is 15.4 Å². The van der Waals surface area contributed by atoms with E-state index in [0.717, 1.165) is 38.9 Å². The van der Waals surface area contributed by atoms with Gasteiger partial charge >= 0.3 is 0 Å². The third-order valence-corrected chi connectivity index (χ3v) is 6.79. The number of hydrogen-bond acceptors (Lipinski definition) is 7. The van der Waals surface area contributed by atoms with Crippen molar-refractivity contribution in [2.75, 3.05) is 23.3 Å². The molecule has 162 valence electrons. The van der Waals surface area contributed by atoms with Crippen molar-refractivity contribution in [3.63, 3.8) is 0 Å². The van der Waals surface area contributed by atoms with Crippen molar-refractivity contribution < 1.29 is 13.2 Å². The van der Waals surface area contributed by atoms with Gasteiger partial charge in [-0.05, 0) is 60.6 Å². The maximum atomic E-state index is 12.9. The number of nitrogens with two attached hydrogens (primary N) is 1. The molecule has 0 radical (unpaired) electrons. The quantitative estimate of drug-likeness (QED) is 0.587. The van der Waals surface area contributed by atoms with Gasteiger partial charge in [-0.1, -0.05) is 24.3 Å². The summed E-state index contributed by atoms with van der Waals surface area (Å²) in [6.45, 7) is 4.47. The summed E-state index contributed by atoms with van der Waals surface area (Å²) in [5, 5.41) is 9.29. The van der Waals surface area contributed by atoms with Crippen LogP contribution in [0, 0.1) is 13.8 Å². The Morgan fingerprint density at radius 2 is 2.06 bits per heavy atom. The van der Waals surface area contributed by atoms with Crippen LogP contribution in [0.15, 0.2) is 36.4 Å². The molecule has 0 fully saturated rings. The molecule has 1 amide bonds. The van der Waals surface area contributed by atoms with Crippen LogP contribution in [0.2, 0.25) is 0 Å². The highest BCUT2D eigenvalue weighted by atomic mass is 32.2. The van der Waals surface area contributed by atoms with Crippen LogP contribution in [0.25, 0.3) is 10.6 Å². The lowest BCUT2D eigenvalue weighted by Gasteiger charge is -2.19. The monoisotopic (exact) mass is 457 g/mol. The predicted octanol–water partition coefficient (Wildman–Crippen LogP) is 2.61. The zero-order valence-electron chi connectivity index (χ0n) is 17.3. The first-order valence-corrected chi connectivity index (χ1v) is 12.3. The molecule has 2 aromatic carbocycles. The van der Waals surface area contributed by atoms with E-state index in [-0.39, 0.29) is 18.2 Å². The molecule has 8 nitrogen and oxygen atoms in total. The number of aromatic nitrogens is 2. The van der Waals surface area contributed by atoms with E-state index >= 15 is 0 Å². The van der Waals surface area contributed by atoms with E-state index in [1.54, 1.807) is 17.0 Å². The molecule has 0 spiro atoms. The first-order chi connectivity index (χ1) is 14.7. The van der Waals surface area contributed by atoms with Gasteiger partial charge in [0.15, 0.2) is 0 Å². The lowest BCUT2D eigenvalue weighted by atomic mass is 10.1. The molecular formula is C21H23N5O3S2. The number of primary sulfonamides is 1. The van der Waals surface area contributed by atoms with Crippen molar-refractivity contribution in [1.82, 2.24) is 9.36 Å². The van der Waals surface area contributed by atoms with Gasteiger partial charge in [0.2, 0.25) is 15.9 Å². The number of rotatable bonds is 6. The maximum Gasteiger partial charge on any atom is 0.246 e. The summed E-state index contributed by atoms with van der Waals surface area (Å²) in [5.74, 6) is 0.427. The van der Waals surface area contributed by atoms with E-state index in [1.807, 2.05) is 38.1 Å². The lowest BCUT2D eigenvalue weighted by molar-refractivity contribution is -0.116. The van der Waals surface area contributed by atoms with E-state index in [2.05, 4.69) is 14.7 Å². The molecule has 0 saturated carbocycles. The van der Waals surface area contributed by atoms with Crippen LogP contribution in [0.5, 0.6) is 0 Å². The van der Waals surface area contributed by atoms with Crippen molar-refractivity contribution in [2.24, 2.45) is 5.14 Å². The van der Waals surface area contributed by atoms with Crippen molar-refractivity contribution >= 4 is 38.8 Å². The van der Waals surface area contributed by atoms with Gasteiger partial charge in [-0.15, -0.1) is 0 Å². The SMILES string of the molecule is Cc1nsc(-c2ccc(C)c(NCC(=O)N3CCc4c(CS(N)(=O)=O)cccc43)c2)n1. The Kier molecular flexibility index (Phi) is 5.78. The van der Waals surface area contributed by atoms with Crippen LogP contribution in [0.1, 0.15) is 22.5 Å². The normalized spacial score (nSPS) is 13.3. The molecule has 0 atom stereocenters. The van der Waals surface area contributed by atoms with Crippen molar-refractivity contribution in [3.8, 4) is 10.6 Å². The Morgan fingerprint density at radius 3 is 2.77 bits per heavy atom. The number of anilines is 2. The van der Waals surface area contributed by atoms with Gasteiger partial charge < -0.3 is 10.2 Å². The average molecular weight is 458 g/mol. The van der Waals surface area contributed by atoms with E-state index in [9.17, 15) is 13.2 Å². The zero-order chi connectivity index (χ0) is 22.2. The molecule has 31 heavy (non-hydrogen) atoms. The molecule has 1 aliphatic rings. The van der Waals surface area contributed by atoms with Gasteiger partial charge in [-0.25, -0.2) is 18.5 Å². The molecule has 0 bridgehead atoms. The Bertz CT molecular complexity index is 1250. The third-order valence-electron chi connectivity index (χ3n) is 5.22. The number of nitrogens with zero attached hydrogens (tertiary/aromatic N) is 3. The molecule has 1 aromatic heterocycles. The van der Waals surface area contributed by atoms with E-state index in [1.165, 1.54) is 11.5 Å². The number of hydrogen-bond donors (Lipinski definition) is 2. The fourth-order valence-corrected chi connectivity index (χ4v) is 5.11. The minimum absolute atomic E-state index is 0.0805. The number of benzene rings is 2. The highest BCUT2D eigenvalue weighted by Crippen LogP contribution is 2.32. The topological polar surface area (TPSA) is 118 Å². The molecule has 0 unspecified atom stereocenters. The smallest absolute Gasteiger partial charge is 0.246 e. The van der Waals surface area contributed by atoms with Crippen LogP contribution >= 0.6 is 11.5 Å². The standard InChI is InChI=1S/C21H23N5O3S2/c1-13-6-7-15(21-24-14(2)25-30-21)10-18(13)23-11-20(27)26-9-8-17-16(12-31(22,28)29)4-3-5-19(17)26/h3-7,10,23H,8-9,11-12H2,1-2H3,(H2,22,28,29). The number of sulfonamides is 1. The minimum Gasteiger partial charge on any atom is -0.376 e. The van der Waals surface area contributed by atoms with Crippen LogP contribution in [-0.2, 0) is 27.0 Å². The molecular weight excluding hydrogens is 434 g/mol. The van der Waals surface area contributed by atoms with Gasteiger partial charge in [0, 0.05) is 23.5 Å².